The Labute approximate surface area is 175 Å². The molecule has 154 valence electrons. The number of aryl methyl sites for hydroxylation is 1. The fourth-order valence-corrected chi connectivity index (χ4v) is 3.58. The first kappa shape index (κ1) is 19.8. The summed E-state index contributed by atoms with van der Waals surface area (Å²) >= 11 is 0. The smallest absolute Gasteiger partial charge is 0.246 e. The molecule has 2 amide bonds. The molecule has 7 nitrogen and oxygen atoms in total. The zero-order valence-electron chi connectivity index (χ0n) is 17.3. The molecule has 1 aromatic carbocycles. The zero-order chi connectivity index (χ0) is 21.3. The molecule has 1 N–H and O–H groups in total. The minimum absolute atomic E-state index is 0.0790. The van der Waals surface area contributed by atoms with Gasteiger partial charge in [0, 0.05) is 42.4 Å². The number of nitrogens with one attached hydrogen (secondary N) is 1. The van der Waals surface area contributed by atoms with Crippen molar-refractivity contribution >= 4 is 34.7 Å². The number of para-hydroxylation sites is 1. The largest absolute Gasteiger partial charge is 0.459 e. The Morgan fingerprint density at radius 3 is 2.93 bits per heavy atom. The number of carbonyl (C=O) groups excluding carboxylic acids is 2. The highest BCUT2D eigenvalue weighted by Crippen LogP contribution is 2.26. The highest BCUT2D eigenvalue weighted by molar-refractivity contribution is 5.93. The lowest BCUT2D eigenvalue weighted by atomic mass is 10.1. The number of anilines is 1. The molecule has 0 saturated carbocycles. The van der Waals surface area contributed by atoms with Crippen LogP contribution in [0.3, 0.4) is 0 Å². The van der Waals surface area contributed by atoms with Gasteiger partial charge in [-0.05, 0) is 37.7 Å². The maximum atomic E-state index is 12.6. The van der Waals surface area contributed by atoms with Crippen molar-refractivity contribution in [2.45, 2.75) is 20.0 Å². The first-order chi connectivity index (χ1) is 14.4. The summed E-state index contributed by atoms with van der Waals surface area (Å²) in [5.74, 6) is 1.15. The van der Waals surface area contributed by atoms with Crippen LogP contribution in [0.4, 0.5) is 5.82 Å². The van der Waals surface area contributed by atoms with Crippen molar-refractivity contribution in [3.63, 3.8) is 0 Å². The molecule has 0 fully saturated rings. The van der Waals surface area contributed by atoms with Gasteiger partial charge >= 0.3 is 0 Å². The normalized spacial score (nSPS) is 14.6. The molecule has 0 spiro atoms. The van der Waals surface area contributed by atoms with Crippen molar-refractivity contribution in [2.24, 2.45) is 0 Å². The Morgan fingerprint density at radius 2 is 2.13 bits per heavy atom. The SMILES string of the molecule is Cc1c(CN(C)C(=O)C=Cc2cnc3c(c2)CN(C)CC(=O)N3)oc2ccccc12. The summed E-state index contributed by atoms with van der Waals surface area (Å²) in [6, 6.07) is 9.80. The van der Waals surface area contributed by atoms with Gasteiger partial charge in [-0.2, -0.15) is 0 Å². The van der Waals surface area contributed by atoms with Gasteiger partial charge in [0.15, 0.2) is 0 Å². The lowest BCUT2D eigenvalue weighted by molar-refractivity contribution is -0.125. The van der Waals surface area contributed by atoms with Crippen molar-refractivity contribution in [1.29, 1.82) is 0 Å². The van der Waals surface area contributed by atoms with Gasteiger partial charge < -0.3 is 14.6 Å². The molecule has 1 aliphatic heterocycles. The van der Waals surface area contributed by atoms with Gasteiger partial charge in [-0.3, -0.25) is 14.5 Å². The number of benzene rings is 1. The van der Waals surface area contributed by atoms with Gasteiger partial charge in [-0.15, -0.1) is 0 Å². The minimum atomic E-state index is -0.129. The predicted octanol–water partition coefficient (Wildman–Crippen LogP) is 3.19. The number of carbonyl (C=O) groups is 2. The number of rotatable bonds is 4. The van der Waals surface area contributed by atoms with E-state index < -0.39 is 0 Å². The lowest BCUT2D eigenvalue weighted by Gasteiger charge is -2.14. The maximum absolute atomic E-state index is 12.6. The van der Waals surface area contributed by atoms with E-state index in [1.165, 1.54) is 6.08 Å². The van der Waals surface area contributed by atoms with Crippen LogP contribution in [-0.4, -0.2) is 47.2 Å². The molecule has 3 aromatic rings. The van der Waals surface area contributed by atoms with Crippen molar-refractivity contribution in [1.82, 2.24) is 14.8 Å². The van der Waals surface area contributed by atoms with E-state index in [2.05, 4.69) is 10.3 Å². The van der Waals surface area contributed by atoms with E-state index in [1.807, 2.05) is 49.2 Å². The molecule has 0 bridgehead atoms. The van der Waals surface area contributed by atoms with Gasteiger partial charge in [0.25, 0.3) is 0 Å². The summed E-state index contributed by atoms with van der Waals surface area (Å²) < 4.78 is 5.91. The summed E-state index contributed by atoms with van der Waals surface area (Å²) in [6.45, 7) is 3.34. The first-order valence-corrected chi connectivity index (χ1v) is 9.78. The maximum Gasteiger partial charge on any atom is 0.246 e. The van der Waals surface area contributed by atoms with Crippen molar-refractivity contribution in [2.75, 3.05) is 26.0 Å². The molecule has 30 heavy (non-hydrogen) atoms. The molecule has 7 heteroatoms. The molecule has 3 heterocycles. The van der Waals surface area contributed by atoms with Crippen LogP contribution in [0.25, 0.3) is 17.0 Å². The van der Waals surface area contributed by atoms with E-state index in [0.29, 0.717) is 25.5 Å². The highest BCUT2D eigenvalue weighted by atomic mass is 16.3. The first-order valence-electron chi connectivity index (χ1n) is 9.78. The predicted molar refractivity (Wildman–Crippen MR) is 116 cm³/mol. The van der Waals surface area contributed by atoms with Crippen molar-refractivity contribution in [3.8, 4) is 0 Å². The number of amides is 2. The highest BCUT2D eigenvalue weighted by Gasteiger charge is 2.18. The third kappa shape index (κ3) is 4.11. The summed E-state index contributed by atoms with van der Waals surface area (Å²) in [5.41, 5.74) is 3.61. The topological polar surface area (TPSA) is 78.7 Å². The summed E-state index contributed by atoms with van der Waals surface area (Å²) in [6.07, 6.45) is 4.92. The quantitative estimate of drug-likeness (QED) is 0.676. The van der Waals surface area contributed by atoms with Crippen molar-refractivity contribution < 1.29 is 14.0 Å². The van der Waals surface area contributed by atoms with Gasteiger partial charge in [0.2, 0.25) is 11.8 Å². The molecular weight excluding hydrogens is 380 g/mol. The molecule has 0 saturated heterocycles. The molecule has 0 atom stereocenters. The number of pyridine rings is 1. The van der Waals surface area contributed by atoms with Gasteiger partial charge in [-0.25, -0.2) is 4.98 Å². The fraction of sp³-hybridized carbons (Fsp3) is 0.261. The number of aromatic nitrogens is 1. The molecule has 0 unspecified atom stereocenters. The number of nitrogens with zero attached hydrogens (tertiary/aromatic N) is 3. The summed E-state index contributed by atoms with van der Waals surface area (Å²) in [4.78, 5) is 32.3. The number of likely N-dealkylation sites (N-methyl/N-ethyl adjacent to an activating group) is 2. The zero-order valence-corrected chi connectivity index (χ0v) is 17.3. The number of fused-ring (bicyclic) bond motifs is 2. The Bertz CT molecular complexity index is 1150. The minimum Gasteiger partial charge on any atom is -0.459 e. The second-order valence-electron chi connectivity index (χ2n) is 7.67. The molecule has 1 aliphatic rings. The average Bonchev–Trinajstić information content (AvgIpc) is 2.94. The molecule has 2 aromatic heterocycles. The van der Waals surface area contributed by atoms with E-state index in [0.717, 1.165) is 33.4 Å². The lowest BCUT2D eigenvalue weighted by Crippen LogP contribution is -2.26. The monoisotopic (exact) mass is 404 g/mol. The Morgan fingerprint density at radius 1 is 1.33 bits per heavy atom. The summed E-state index contributed by atoms with van der Waals surface area (Å²) in [5, 5.41) is 3.87. The Hall–Kier alpha value is -3.45. The van der Waals surface area contributed by atoms with E-state index in [9.17, 15) is 9.59 Å². The standard InChI is InChI=1S/C23H24N4O3/c1-15-18-6-4-5-7-19(18)30-20(15)13-27(3)22(29)9-8-16-10-17-12-26(2)14-21(28)25-23(17)24-11-16/h4-11H,12-14H2,1-3H3,(H,24,25,28). The fourth-order valence-electron chi connectivity index (χ4n) is 3.58. The van der Waals surface area contributed by atoms with E-state index >= 15 is 0 Å². The third-order valence-corrected chi connectivity index (χ3v) is 5.22. The molecule has 4 rings (SSSR count). The van der Waals surface area contributed by atoms with E-state index in [1.54, 1.807) is 24.2 Å². The van der Waals surface area contributed by atoms with Gasteiger partial charge in [0.1, 0.15) is 17.2 Å². The van der Waals surface area contributed by atoms with Crippen LogP contribution in [-0.2, 0) is 22.7 Å². The van der Waals surface area contributed by atoms with E-state index in [4.69, 9.17) is 4.42 Å². The van der Waals surface area contributed by atoms with E-state index in [-0.39, 0.29) is 11.8 Å². The van der Waals surface area contributed by atoms with Crippen LogP contribution in [0, 0.1) is 6.92 Å². The van der Waals surface area contributed by atoms with Crippen LogP contribution in [0.2, 0.25) is 0 Å². The average molecular weight is 404 g/mol. The van der Waals surface area contributed by atoms with Crippen LogP contribution in [0.1, 0.15) is 22.5 Å². The second kappa shape index (κ2) is 8.12. The van der Waals surface area contributed by atoms with Crippen LogP contribution >= 0.6 is 0 Å². The molecular formula is C23H24N4O3. The number of hydrogen-bond acceptors (Lipinski definition) is 5. The van der Waals surface area contributed by atoms with Gasteiger partial charge in [-0.1, -0.05) is 18.2 Å². The van der Waals surface area contributed by atoms with Crippen LogP contribution in [0.5, 0.6) is 0 Å². The third-order valence-electron chi connectivity index (χ3n) is 5.22. The van der Waals surface area contributed by atoms with Crippen molar-refractivity contribution in [3.05, 3.63) is 65.1 Å². The molecule has 0 radical (unpaired) electrons. The molecule has 0 aliphatic carbocycles. The Kier molecular flexibility index (Phi) is 5.37. The van der Waals surface area contributed by atoms with Gasteiger partial charge in [0.05, 0.1) is 13.1 Å². The Balaban J connectivity index is 1.46. The number of furan rings is 1. The van der Waals surface area contributed by atoms with Crippen LogP contribution in [0.15, 0.2) is 47.0 Å². The number of hydrogen-bond donors (Lipinski definition) is 1. The van der Waals surface area contributed by atoms with Crippen LogP contribution < -0.4 is 5.32 Å². The summed E-state index contributed by atoms with van der Waals surface area (Å²) in [7, 11) is 3.63. The second-order valence-corrected chi connectivity index (χ2v) is 7.67.